The highest BCUT2D eigenvalue weighted by atomic mass is 32.1. The Morgan fingerprint density at radius 1 is 1.47 bits per heavy atom. The fourth-order valence-electron chi connectivity index (χ4n) is 2.43. The van der Waals surface area contributed by atoms with Gasteiger partial charge in [0.2, 0.25) is 5.91 Å². The Morgan fingerprint density at radius 2 is 2.26 bits per heavy atom. The molecule has 0 aromatic carbocycles. The number of aliphatic carboxylic acids is 1. The topological polar surface area (TPSA) is 92.4 Å². The van der Waals surface area contributed by atoms with Gasteiger partial charge >= 0.3 is 5.97 Å². The number of carbonyl (C=O) groups is 2. The number of carboxylic acids is 1. The Labute approximate surface area is 115 Å². The summed E-state index contributed by atoms with van der Waals surface area (Å²) in [6, 6.07) is 2.95. The highest BCUT2D eigenvalue weighted by Gasteiger charge is 2.29. The predicted octanol–water partition coefficient (Wildman–Crippen LogP) is 1.51. The van der Waals surface area contributed by atoms with Crippen molar-refractivity contribution in [2.24, 2.45) is 11.7 Å². The van der Waals surface area contributed by atoms with E-state index in [4.69, 9.17) is 10.8 Å². The molecule has 4 N–H and O–H groups in total. The number of hydrogen-bond donors (Lipinski definition) is 3. The van der Waals surface area contributed by atoms with E-state index in [-0.39, 0.29) is 17.9 Å². The molecule has 1 saturated carbocycles. The largest absolute Gasteiger partial charge is 0.481 e. The Hall–Kier alpha value is -1.40. The summed E-state index contributed by atoms with van der Waals surface area (Å²) in [7, 11) is 0. The van der Waals surface area contributed by atoms with Gasteiger partial charge in [-0.1, -0.05) is 12.5 Å². The molecule has 1 aliphatic carbocycles. The number of carbonyl (C=O) groups excluding carboxylic acids is 1. The van der Waals surface area contributed by atoms with Gasteiger partial charge in [0.1, 0.15) is 6.04 Å². The molecule has 0 spiro atoms. The molecule has 1 heterocycles. The summed E-state index contributed by atoms with van der Waals surface area (Å²) in [4.78, 5) is 23.8. The van der Waals surface area contributed by atoms with Crippen molar-refractivity contribution < 1.29 is 14.7 Å². The van der Waals surface area contributed by atoms with Crippen LogP contribution in [0.2, 0.25) is 0 Å². The van der Waals surface area contributed by atoms with E-state index in [0.29, 0.717) is 12.8 Å². The van der Waals surface area contributed by atoms with Gasteiger partial charge < -0.3 is 16.2 Å². The fourth-order valence-corrected chi connectivity index (χ4v) is 3.16. The maximum atomic E-state index is 12.0. The number of thiophene rings is 1. The molecule has 0 saturated heterocycles. The number of hydrogen-bond acceptors (Lipinski definition) is 4. The van der Waals surface area contributed by atoms with Gasteiger partial charge in [-0.2, -0.15) is 0 Å². The summed E-state index contributed by atoms with van der Waals surface area (Å²) in [6.45, 7) is 0. The molecule has 0 radical (unpaired) electrons. The zero-order valence-electron chi connectivity index (χ0n) is 10.5. The molecule has 1 fully saturated rings. The first kappa shape index (κ1) is 14.0. The van der Waals surface area contributed by atoms with Gasteiger partial charge in [-0.15, -0.1) is 11.3 Å². The third kappa shape index (κ3) is 3.54. The highest BCUT2D eigenvalue weighted by Crippen LogP contribution is 2.25. The van der Waals surface area contributed by atoms with Gasteiger partial charge in [-0.3, -0.25) is 9.59 Å². The predicted molar refractivity (Wildman–Crippen MR) is 72.8 cm³/mol. The minimum Gasteiger partial charge on any atom is -0.481 e. The molecule has 1 aromatic rings. The van der Waals surface area contributed by atoms with Crippen LogP contribution >= 0.6 is 11.3 Å². The lowest BCUT2D eigenvalue weighted by Crippen LogP contribution is -2.43. The Kier molecular flexibility index (Phi) is 4.55. The van der Waals surface area contributed by atoms with E-state index >= 15 is 0 Å². The Balaban J connectivity index is 1.90. The molecule has 19 heavy (non-hydrogen) atoms. The second-order valence-corrected chi connectivity index (χ2v) is 5.88. The number of nitrogens with one attached hydrogen (secondary N) is 1. The van der Waals surface area contributed by atoms with Crippen molar-refractivity contribution in [1.82, 2.24) is 5.32 Å². The first-order valence-corrected chi connectivity index (χ1v) is 7.28. The molecule has 1 amide bonds. The minimum atomic E-state index is -0.776. The van der Waals surface area contributed by atoms with Gasteiger partial charge in [0.15, 0.2) is 0 Å². The number of nitrogens with two attached hydrogens (primary N) is 1. The van der Waals surface area contributed by atoms with Gasteiger partial charge in [0.25, 0.3) is 0 Å². The van der Waals surface area contributed by atoms with Crippen LogP contribution in [0.4, 0.5) is 0 Å². The monoisotopic (exact) mass is 282 g/mol. The molecule has 104 valence electrons. The van der Waals surface area contributed by atoms with E-state index in [1.54, 1.807) is 0 Å². The third-order valence-electron chi connectivity index (χ3n) is 3.50. The lowest BCUT2D eigenvalue weighted by atomic mass is 9.85. The van der Waals surface area contributed by atoms with Gasteiger partial charge in [0.05, 0.1) is 5.92 Å². The van der Waals surface area contributed by atoms with Crippen LogP contribution in [0.1, 0.15) is 36.6 Å². The number of amides is 1. The average molecular weight is 282 g/mol. The lowest BCUT2D eigenvalue weighted by molar-refractivity contribution is -0.143. The standard InChI is InChI=1S/C13H18N2O3S/c14-11(10-5-2-6-19-10)12(16)15-9-4-1-3-8(7-9)13(17)18/h2,5-6,8-9,11H,1,3-4,7,14H2,(H,15,16)(H,17,18). The first-order chi connectivity index (χ1) is 9.08. The number of carboxylic acid groups (broad SMARTS) is 1. The van der Waals surface area contributed by atoms with E-state index in [1.807, 2.05) is 17.5 Å². The van der Waals surface area contributed by atoms with E-state index in [9.17, 15) is 9.59 Å². The zero-order chi connectivity index (χ0) is 13.8. The average Bonchev–Trinajstić information content (AvgIpc) is 2.92. The molecule has 2 rings (SSSR count). The first-order valence-electron chi connectivity index (χ1n) is 6.40. The second-order valence-electron chi connectivity index (χ2n) is 4.90. The van der Waals surface area contributed by atoms with Gasteiger partial charge in [-0.25, -0.2) is 0 Å². The van der Waals surface area contributed by atoms with Crippen molar-refractivity contribution in [3.8, 4) is 0 Å². The van der Waals surface area contributed by atoms with Crippen molar-refractivity contribution in [2.75, 3.05) is 0 Å². The van der Waals surface area contributed by atoms with E-state index in [2.05, 4.69) is 5.32 Å². The second kappa shape index (κ2) is 6.16. The van der Waals surface area contributed by atoms with Crippen molar-refractivity contribution >= 4 is 23.2 Å². The van der Waals surface area contributed by atoms with Crippen molar-refractivity contribution in [1.29, 1.82) is 0 Å². The van der Waals surface area contributed by atoms with Crippen LogP contribution in [-0.2, 0) is 9.59 Å². The quantitative estimate of drug-likeness (QED) is 0.780. The molecule has 3 unspecified atom stereocenters. The molecule has 3 atom stereocenters. The van der Waals surface area contributed by atoms with Crippen LogP contribution in [0.5, 0.6) is 0 Å². The summed E-state index contributed by atoms with van der Waals surface area (Å²) in [5.74, 6) is -1.35. The maximum Gasteiger partial charge on any atom is 0.306 e. The molecule has 1 aliphatic rings. The van der Waals surface area contributed by atoms with E-state index < -0.39 is 12.0 Å². The number of rotatable bonds is 4. The summed E-state index contributed by atoms with van der Waals surface area (Å²) < 4.78 is 0. The molecule has 1 aromatic heterocycles. The maximum absolute atomic E-state index is 12.0. The molecule has 0 bridgehead atoms. The molecular formula is C13H18N2O3S. The van der Waals surface area contributed by atoms with Crippen LogP contribution in [0.25, 0.3) is 0 Å². The van der Waals surface area contributed by atoms with Crippen LogP contribution < -0.4 is 11.1 Å². The van der Waals surface area contributed by atoms with Gasteiger partial charge in [0, 0.05) is 10.9 Å². The summed E-state index contributed by atoms with van der Waals surface area (Å²) in [6.07, 6.45) is 2.85. The van der Waals surface area contributed by atoms with Crippen LogP contribution in [0.15, 0.2) is 17.5 Å². The smallest absolute Gasteiger partial charge is 0.306 e. The SMILES string of the molecule is NC(C(=O)NC1CCCC(C(=O)O)C1)c1cccs1. The van der Waals surface area contributed by atoms with Crippen LogP contribution in [0, 0.1) is 5.92 Å². The third-order valence-corrected chi connectivity index (χ3v) is 4.46. The summed E-state index contributed by atoms with van der Waals surface area (Å²) in [5.41, 5.74) is 5.88. The Bertz CT molecular complexity index is 447. The van der Waals surface area contributed by atoms with E-state index in [1.165, 1.54) is 11.3 Å². The molecule has 0 aliphatic heterocycles. The van der Waals surface area contributed by atoms with Crippen molar-refractivity contribution in [3.05, 3.63) is 22.4 Å². The van der Waals surface area contributed by atoms with Crippen LogP contribution in [-0.4, -0.2) is 23.0 Å². The summed E-state index contributed by atoms with van der Waals surface area (Å²) in [5, 5.41) is 13.8. The van der Waals surface area contributed by atoms with E-state index in [0.717, 1.165) is 17.7 Å². The molecule has 5 nitrogen and oxygen atoms in total. The minimum absolute atomic E-state index is 0.0756. The van der Waals surface area contributed by atoms with Gasteiger partial charge in [-0.05, 0) is 30.7 Å². The van der Waals surface area contributed by atoms with Crippen molar-refractivity contribution in [2.45, 2.75) is 37.8 Å². The lowest BCUT2D eigenvalue weighted by Gasteiger charge is -2.28. The fraction of sp³-hybridized carbons (Fsp3) is 0.538. The zero-order valence-corrected chi connectivity index (χ0v) is 11.4. The molecule has 6 heteroatoms. The molecular weight excluding hydrogens is 264 g/mol. The van der Waals surface area contributed by atoms with Crippen LogP contribution in [0.3, 0.4) is 0 Å². The highest BCUT2D eigenvalue weighted by molar-refractivity contribution is 7.10. The normalized spacial score (nSPS) is 24.7. The Morgan fingerprint density at radius 3 is 2.89 bits per heavy atom. The van der Waals surface area contributed by atoms with Crippen molar-refractivity contribution in [3.63, 3.8) is 0 Å². The summed E-state index contributed by atoms with van der Waals surface area (Å²) >= 11 is 1.45.